The van der Waals surface area contributed by atoms with Crippen molar-refractivity contribution in [3.8, 4) is 17.2 Å². The predicted molar refractivity (Wildman–Crippen MR) is 190 cm³/mol. The maximum atomic E-state index is 11.7. The molecule has 2 aromatic heterocycles. The summed E-state index contributed by atoms with van der Waals surface area (Å²) in [4.78, 5) is 25.5. The van der Waals surface area contributed by atoms with Crippen LogP contribution in [0.5, 0.6) is 17.2 Å². The van der Waals surface area contributed by atoms with E-state index >= 15 is 0 Å². The molecule has 2 fully saturated rings. The van der Waals surface area contributed by atoms with Gasteiger partial charge in [-0.1, -0.05) is 13.0 Å². The molecule has 0 aliphatic carbocycles. The second-order valence-corrected chi connectivity index (χ2v) is 13.0. The highest BCUT2D eigenvalue weighted by Crippen LogP contribution is 2.38. The van der Waals surface area contributed by atoms with E-state index in [2.05, 4.69) is 49.7 Å². The number of aromatic nitrogens is 3. The van der Waals surface area contributed by atoms with Gasteiger partial charge in [-0.3, -0.25) is 9.78 Å². The number of primary amides is 1. The van der Waals surface area contributed by atoms with Crippen LogP contribution < -0.4 is 29.7 Å². The topological polar surface area (TPSA) is 122 Å². The molecule has 4 aromatic rings. The van der Waals surface area contributed by atoms with E-state index in [1.54, 1.807) is 19.5 Å². The number of fused-ring (bicyclic) bond motifs is 2. The minimum absolute atomic E-state index is 0.432. The minimum atomic E-state index is -0.593. The fourth-order valence-corrected chi connectivity index (χ4v) is 7.08. The van der Waals surface area contributed by atoms with Crippen LogP contribution in [0.25, 0.3) is 10.8 Å². The highest BCUT2D eigenvalue weighted by atomic mass is 16.5. The van der Waals surface area contributed by atoms with Gasteiger partial charge in [0.2, 0.25) is 0 Å². The Labute approximate surface area is 287 Å². The smallest absolute Gasteiger partial charge is 0.258 e. The second kappa shape index (κ2) is 14.8. The maximum absolute atomic E-state index is 11.7. The molecule has 1 atom stereocenters. The summed E-state index contributed by atoms with van der Waals surface area (Å²) in [6.45, 7) is 12.6. The van der Waals surface area contributed by atoms with Crippen LogP contribution >= 0.6 is 0 Å². The number of rotatable bonds is 12. The van der Waals surface area contributed by atoms with Gasteiger partial charge in [-0.15, -0.1) is 5.10 Å². The first kappa shape index (κ1) is 32.8. The summed E-state index contributed by atoms with van der Waals surface area (Å²) < 4.78 is 18.1. The van der Waals surface area contributed by atoms with Crippen molar-refractivity contribution in [2.45, 2.75) is 32.3 Å². The van der Waals surface area contributed by atoms with Crippen LogP contribution in [0.15, 0.2) is 54.9 Å². The monoisotopic (exact) mass is 666 g/mol. The van der Waals surface area contributed by atoms with E-state index in [4.69, 9.17) is 30.1 Å². The first-order valence-corrected chi connectivity index (χ1v) is 17.4. The number of amides is 1. The number of pyridine rings is 1. The third-order valence-electron chi connectivity index (χ3n) is 10.0. The lowest BCUT2D eigenvalue weighted by Crippen LogP contribution is -2.47. The van der Waals surface area contributed by atoms with Gasteiger partial charge in [-0.2, -0.15) is 5.10 Å². The van der Waals surface area contributed by atoms with Gasteiger partial charge >= 0.3 is 0 Å². The zero-order valence-corrected chi connectivity index (χ0v) is 28.5. The lowest BCUT2D eigenvalue weighted by Gasteiger charge is -2.37. The zero-order valence-electron chi connectivity index (χ0n) is 28.5. The van der Waals surface area contributed by atoms with Gasteiger partial charge in [0.1, 0.15) is 5.75 Å². The molecular weight excluding hydrogens is 620 g/mol. The van der Waals surface area contributed by atoms with Crippen molar-refractivity contribution < 1.29 is 19.0 Å². The number of nitrogens with zero attached hydrogens (tertiary/aromatic N) is 7. The molecule has 7 rings (SSSR count). The summed E-state index contributed by atoms with van der Waals surface area (Å²) in [7, 11) is 1.69. The molecule has 49 heavy (non-hydrogen) atoms. The van der Waals surface area contributed by atoms with Crippen molar-refractivity contribution in [2.24, 2.45) is 5.73 Å². The maximum Gasteiger partial charge on any atom is 0.258 e. The average molecular weight is 667 g/mol. The zero-order chi connectivity index (χ0) is 33.7. The van der Waals surface area contributed by atoms with Crippen molar-refractivity contribution >= 4 is 28.2 Å². The quantitative estimate of drug-likeness (QED) is 0.225. The number of methoxy groups -OCH3 is 1. The Bertz CT molecular complexity index is 1760. The van der Waals surface area contributed by atoms with Crippen LogP contribution in [0.2, 0.25) is 0 Å². The first-order chi connectivity index (χ1) is 24.0. The number of piperazine rings is 2. The summed E-state index contributed by atoms with van der Waals surface area (Å²) in [6.07, 6.45) is 5.11. The largest absolute Gasteiger partial charge is 0.493 e. The molecule has 0 radical (unpaired) electrons. The molecule has 258 valence electrons. The lowest BCUT2D eigenvalue weighted by molar-refractivity contribution is -0.123. The Morgan fingerprint density at radius 2 is 1.63 bits per heavy atom. The third kappa shape index (κ3) is 7.35. The number of likely N-dealkylation sites (N-methyl/N-ethyl adjacent to an activating group) is 1. The van der Waals surface area contributed by atoms with Crippen LogP contribution in [0.1, 0.15) is 30.2 Å². The number of hydrogen-bond acceptors (Lipinski definition) is 11. The molecule has 0 saturated carbocycles. The van der Waals surface area contributed by atoms with E-state index in [1.165, 1.54) is 0 Å². The van der Waals surface area contributed by atoms with Crippen LogP contribution in [-0.4, -0.2) is 116 Å². The number of carbonyl (C=O) groups is 1. The van der Waals surface area contributed by atoms with Gasteiger partial charge < -0.3 is 39.5 Å². The van der Waals surface area contributed by atoms with E-state index < -0.39 is 12.0 Å². The van der Waals surface area contributed by atoms with Gasteiger partial charge in [-0.25, -0.2) is 0 Å². The van der Waals surface area contributed by atoms with E-state index in [1.807, 2.05) is 24.3 Å². The molecule has 2 N–H and O–H groups in total. The Balaban J connectivity index is 1.09. The van der Waals surface area contributed by atoms with Crippen molar-refractivity contribution in [1.82, 2.24) is 25.0 Å². The molecule has 2 saturated heterocycles. The molecule has 12 nitrogen and oxygen atoms in total. The summed E-state index contributed by atoms with van der Waals surface area (Å²) in [6, 6.07) is 14.3. The molecule has 1 amide bonds. The highest BCUT2D eigenvalue weighted by molar-refractivity contribution is 5.96. The molecule has 3 aliphatic heterocycles. The van der Waals surface area contributed by atoms with E-state index in [0.29, 0.717) is 25.2 Å². The van der Waals surface area contributed by atoms with Gasteiger partial charge in [0, 0.05) is 107 Å². The van der Waals surface area contributed by atoms with Gasteiger partial charge in [0.25, 0.3) is 5.91 Å². The number of nitrogens with two attached hydrogens (primary N) is 1. The molecule has 12 heteroatoms. The Hall–Kier alpha value is -4.68. The number of anilines is 2. The highest BCUT2D eigenvalue weighted by Gasteiger charge is 2.29. The normalized spacial score (nSPS) is 18.4. The lowest BCUT2D eigenvalue weighted by atomic mass is 10.0. The Morgan fingerprint density at radius 1 is 0.898 bits per heavy atom. The SMILES string of the molecule is CCN1CCN(CCCOc2cc3c(N4CCN(c5ccc6c(c5)OC(C(N)=O)C6)CC4)nnc(Cc4ccncc4)c3cc2OC)CC1. The van der Waals surface area contributed by atoms with E-state index in [-0.39, 0.29) is 0 Å². The fraction of sp³-hybridized carbons (Fsp3) is 0.459. The number of benzene rings is 2. The van der Waals surface area contributed by atoms with Crippen LogP contribution in [0.4, 0.5) is 11.5 Å². The van der Waals surface area contributed by atoms with Gasteiger partial charge in [-0.05, 0) is 54.4 Å². The molecule has 5 heterocycles. The predicted octanol–water partition coefficient (Wildman–Crippen LogP) is 3.15. The van der Waals surface area contributed by atoms with Crippen LogP contribution in [0, 0.1) is 0 Å². The second-order valence-electron chi connectivity index (χ2n) is 13.0. The molecular formula is C37H46N8O4. The van der Waals surface area contributed by atoms with Crippen molar-refractivity contribution in [3.63, 3.8) is 0 Å². The molecule has 2 aromatic carbocycles. The fourth-order valence-electron chi connectivity index (χ4n) is 7.08. The van der Waals surface area contributed by atoms with E-state index in [9.17, 15) is 4.79 Å². The minimum Gasteiger partial charge on any atom is -0.493 e. The Kier molecular flexibility index (Phi) is 9.94. The van der Waals surface area contributed by atoms with Crippen molar-refractivity contribution in [1.29, 1.82) is 0 Å². The molecule has 3 aliphatic rings. The summed E-state index contributed by atoms with van der Waals surface area (Å²) >= 11 is 0. The number of carbonyl (C=O) groups excluding carboxylic acids is 1. The van der Waals surface area contributed by atoms with Crippen LogP contribution in [-0.2, 0) is 17.6 Å². The molecule has 1 unspecified atom stereocenters. The first-order valence-electron chi connectivity index (χ1n) is 17.4. The number of hydrogen-bond donors (Lipinski definition) is 1. The summed E-state index contributed by atoms with van der Waals surface area (Å²) in [5.74, 6) is 2.57. The summed E-state index contributed by atoms with van der Waals surface area (Å²) in [5.41, 5.74) is 9.58. The molecule has 0 spiro atoms. The average Bonchev–Trinajstić information content (AvgIpc) is 3.58. The van der Waals surface area contributed by atoms with Crippen LogP contribution in [0.3, 0.4) is 0 Å². The number of ether oxygens (including phenoxy) is 3. The van der Waals surface area contributed by atoms with Crippen molar-refractivity contribution in [2.75, 3.05) is 89.0 Å². The van der Waals surface area contributed by atoms with Gasteiger partial charge in [0.05, 0.1) is 19.4 Å². The molecule has 0 bridgehead atoms. The van der Waals surface area contributed by atoms with Gasteiger partial charge in [0.15, 0.2) is 23.4 Å². The standard InChI is InChI=1S/C37H46N8O4/c1-3-42-12-14-43(15-13-42)11-4-20-48-34-25-30-29(24-33(34)47-2)31(21-26-7-9-39-10-8-26)40-41-37(30)45-18-16-44(17-19-45)28-6-5-27-22-35(36(38)46)49-32(27)23-28/h5-10,23-25,35H,3-4,11-22H2,1-2H3,(H2,38,46). The Morgan fingerprint density at radius 3 is 2.37 bits per heavy atom. The van der Waals surface area contributed by atoms with Crippen molar-refractivity contribution in [3.05, 3.63) is 71.7 Å². The summed E-state index contributed by atoms with van der Waals surface area (Å²) in [5, 5.41) is 11.6. The third-order valence-corrected chi connectivity index (χ3v) is 10.0. The van der Waals surface area contributed by atoms with E-state index in [0.717, 1.165) is 122 Å².